The van der Waals surface area contributed by atoms with Gasteiger partial charge in [-0.25, -0.2) is 0 Å². The first-order valence-electron chi connectivity index (χ1n) is 6.31. The normalized spacial score (nSPS) is 26.6. The highest BCUT2D eigenvalue weighted by Gasteiger charge is 2.42. The van der Waals surface area contributed by atoms with E-state index in [0.29, 0.717) is 11.3 Å². The van der Waals surface area contributed by atoms with Crippen LogP contribution in [-0.2, 0) is 4.79 Å². The summed E-state index contributed by atoms with van der Waals surface area (Å²) in [5, 5.41) is 0. The molecule has 16 heavy (non-hydrogen) atoms. The lowest BCUT2D eigenvalue weighted by Crippen LogP contribution is -2.51. The van der Waals surface area contributed by atoms with E-state index in [1.807, 2.05) is 4.90 Å². The van der Waals surface area contributed by atoms with E-state index in [0.717, 1.165) is 25.9 Å². The zero-order valence-electron chi connectivity index (χ0n) is 11.3. The van der Waals surface area contributed by atoms with E-state index in [4.69, 9.17) is 5.73 Å². The largest absolute Gasteiger partial charge is 0.341 e. The number of rotatable bonds is 3. The lowest BCUT2D eigenvalue weighted by atomic mass is 9.74. The molecular weight excluding hydrogens is 200 g/mol. The maximum atomic E-state index is 12.1. The quantitative estimate of drug-likeness (QED) is 0.800. The number of nitrogens with zero attached hydrogens (tertiary/aromatic N) is 1. The van der Waals surface area contributed by atoms with Crippen LogP contribution in [-0.4, -0.2) is 29.4 Å². The number of carbonyl (C=O) groups is 1. The molecule has 0 spiro atoms. The van der Waals surface area contributed by atoms with Crippen molar-refractivity contribution in [3.8, 4) is 0 Å². The molecule has 0 aliphatic carbocycles. The number of carbonyl (C=O) groups excluding carboxylic acids is 1. The fourth-order valence-corrected chi connectivity index (χ4v) is 2.64. The molecule has 0 saturated carbocycles. The van der Waals surface area contributed by atoms with Crippen LogP contribution in [0.3, 0.4) is 0 Å². The van der Waals surface area contributed by atoms with Crippen molar-refractivity contribution in [1.29, 1.82) is 0 Å². The molecule has 1 aliphatic heterocycles. The molecule has 1 heterocycles. The van der Waals surface area contributed by atoms with E-state index < -0.39 is 5.54 Å². The minimum Gasteiger partial charge on any atom is -0.341 e. The van der Waals surface area contributed by atoms with Gasteiger partial charge in [0.2, 0.25) is 5.91 Å². The molecule has 2 N–H and O–H groups in total. The van der Waals surface area contributed by atoms with E-state index >= 15 is 0 Å². The Labute approximate surface area is 99.4 Å². The van der Waals surface area contributed by atoms with Crippen LogP contribution >= 0.6 is 0 Å². The Kier molecular flexibility index (Phi) is 3.68. The molecule has 3 heteroatoms. The standard InChI is InChI=1S/C13H26N2O/c1-6-13(10(2)3)7-8-15(9-13)11(16)12(4,5)14/h10H,6-9,14H2,1-5H3/t13-/m1/s1. The van der Waals surface area contributed by atoms with Gasteiger partial charge in [0.15, 0.2) is 0 Å². The van der Waals surface area contributed by atoms with E-state index in [2.05, 4.69) is 20.8 Å². The SMILES string of the molecule is CC[C@@]1(C(C)C)CCN(C(=O)C(C)(C)N)C1. The number of nitrogens with two attached hydrogens (primary N) is 1. The van der Waals surface area contributed by atoms with Crippen LogP contribution in [0.4, 0.5) is 0 Å². The number of hydrogen-bond donors (Lipinski definition) is 1. The van der Waals surface area contributed by atoms with Gasteiger partial charge in [-0.3, -0.25) is 4.79 Å². The van der Waals surface area contributed by atoms with E-state index in [-0.39, 0.29) is 5.91 Å². The van der Waals surface area contributed by atoms with Gasteiger partial charge in [-0.15, -0.1) is 0 Å². The van der Waals surface area contributed by atoms with Crippen molar-refractivity contribution >= 4 is 5.91 Å². The first kappa shape index (κ1) is 13.5. The van der Waals surface area contributed by atoms with E-state index in [1.165, 1.54) is 0 Å². The van der Waals surface area contributed by atoms with Gasteiger partial charge >= 0.3 is 0 Å². The first-order chi connectivity index (χ1) is 7.23. The second-order valence-electron chi connectivity index (χ2n) is 6.07. The van der Waals surface area contributed by atoms with Crippen molar-refractivity contribution in [3.05, 3.63) is 0 Å². The van der Waals surface area contributed by atoms with Crippen LogP contribution in [0.2, 0.25) is 0 Å². The number of hydrogen-bond acceptors (Lipinski definition) is 2. The highest BCUT2D eigenvalue weighted by Crippen LogP contribution is 2.41. The van der Waals surface area contributed by atoms with Crippen molar-refractivity contribution in [2.24, 2.45) is 17.1 Å². The van der Waals surface area contributed by atoms with Crippen LogP contribution in [0.1, 0.15) is 47.5 Å². The molecule has 1 fully saturated rings. The Morgan fingerprint density at radius 3 is 2.38 bits per heavy atom. The van der Waals surface area contributed by atoms with Gasteiger partial charge in [-0.05, 0) is 38.0 Å². The summed E-state index contributed by atoms with van der Waals surface area (Å²) in [5.41, 5.74) is 5.44. The lowest BCUT2D eigenvalue weighted by molar-refractivity contribution is -0.135. The van der Waals surface area contributed by atoms with Gasteiger partial charge in [-0.2, -0.15) is 0 Å². The molecule has 1 saturated heterocycles. The molecule has 1 atom stereocenters. The summed E-state index contributed by atoms with van der Waals surface area (Å²) in [7, 11) is 0. The second kappa shape index (κ2) is 4.36. The molecule has 0 aromatic rings. The van der Waals surface area contributed by atoms with Crippen LogP contribution in [0.25, 0.3) is 0 Å². The smallest absolute Gasteiger partial charge is 0.242 e. The van der Waals surface area contributed by atoms with Crippen molar-refractivity contribution in [2.75, 3.05) is 13.1 Å². The van der Waals surface area contributed by atoms with Crippen molar-refractivity contribution in [3.63, 3.8) is 0 Å². The van der Waals surface area contributed by atoms with Crippen LogP contribution < -0.4 is 5.73 Å². The molecular formula is C13H26N2O. The Balaban J connectivity index is 2.75. The topological polar surface area (TPSA) is 46.3 Å². The van der Waals surface area contributed by atoms with Gasteiger partial charge < -0.3 is 10.6 Å². The monoisotopic (exact) mass is 226 g/mol. The molecule has 0 unspecified atom stereocenters. The third-order valence-electron chi connectivity index (χ3n) is 4.15. The van der Waals surface area contributed by atoms with Gasteiger partial charge in [0.05, 0.1) is 5.54 Å². The summed E-state index contributed by atoms with van der Waals surface area (Å²) in [6.45, 7) is 12.1. The summed E-state index contributed by atoms with van der Waals surface area (Å²) in [4.78, 5) is 14.0. The number of likely N-dealkylation sites (tertiary alicyclic amines) is 1. The van der Waals surface area contributed by atoms with Crippen molar-refractivity contribution in [1.82, 2.24) is 4.90 Å². The van der Waals surface area contributed by atoms with Crippen LogP contribution in [0.15, 0.2) is 0 Å². The lowest BCUT2D eigenvalue weighted by Gasteiger charge is -2.33. The molecule has 0 aromatic heterocycles. The molecule has 0 bridgehead atoms. The molecule has 1 amide bonds. The predicted molar refractivity (Wildman–Crippen MR) is 67.0 cm³/mol. The maximum absolute atomic E-state index is 12.1. The Bertz CT molecular complexity index is 268. The van der Waals surface area contributed by atoms with Crippen molar-refractivity contribution < 1.29 is 4.79 Å². The highest BCUT2D eigenvalue weighted by molar-refractivity contribution is 5.85. The highest BCUT2D eigenvalue weighted by atomic mass is 16.2. The summed E-state index contributed by atoms with van der Waals surface area (Å²) >= 11 is 0. The Morgan fingerprint density at radius 2 is 2.06 bits per heavy atom. The van der Waals surface area contributed by atoms with Gasteiger partial charge in [0, 0.05) is 13.1 Å². The third-order valence-corrected chi connectivity index (χ3v) is 4.15. The second-order valence-corrected chi connectivity index (χ2v) is 6.07. The fraction of sp³-hybridized carbons (Fsp3) is 0.923. The fourth-order valence-electron chi connectivity index (χ4n) is 2.64. The predicted octanol–water partition coefficient (Wildman–Crippen LogP) is 2.01. The summed E-state index contributed by atoms with van der Waals surface area (Å²) in [5.74, 6) is 0.708. The van der Waals surface area contributed by atoms with Crippen LogP contribution in [0.5, 0.6) is 0 Å². The maximum Gasteiger partial charge on any atom is 0.242 e. The Morgan fingerprint density at radius 1 is 1.50 bits per heavy atom. The zero-order valence-corrected chi connectivity index (χ0v) is 11.3. The van der Waals surface area contributed by atoms with Crippen molar-refractivity contribution in [2.45, 2.75) is 53.0 Å². The third kappa shape index (κ3) is 2.40. The van der Waals surface area contributed by atoms with Gasteiger partial charge in [0.25, 0.3) is 0 Å². The summed E-state index contributed by atoms with van der Waals surface area (Å²) in [6, 6.07) is 0. The summed E-state index contributed by atoms with van der Waals surface area (Å²) in [6.07, 6.45) is 2.25. The molecule has 1 rings (SSSR count). The first-order valence-corrected chi connectivity index (χ1v) is 6.31. The molecule has 94 valence electrons. The average Bonchev–Trinajstić information content (AvgIpc) is 2.60. The Hall–Kier alpha value is -0.570. The zero-order chi connectivity index (χ0) is 12.6. The average molecular weight is 226 g/mol. The minimum absolute atomic E-state index is 0.0866. The molecule has 3 nitrogen and oxygen atoms in total. The molecule has 0 aromatic carbocycles. The molecule has 1 aliphatic rings. The van der Waals surface area contributed by atoms with E-state index in [1.54, 1.807) is 13.8 Å². The van der Waals surface area contributed by atoms with Gasteiger partial charge in [-0.1, -0.05) is 20.8 Å². The van der Waals surface area contributed by atoms with E-state index in [9.17, 15) is 4.79 Å². The van der Waals surface area contributed by atoms with Gasteiger partial charge in [0.1, 0.15) is 0 Å². The summed E-state index contributed by atoms with van der Waals surface area (Å²) < 4.78 is 0. The number of amides is 1. The van der Waals surface area contributed by atoms with Crippen LogP contribution in [0, 0.1) is 11.3 Å². The minimum atomic E-state index is -0.735. The molecule has 0 radical (unpaired) electrons.